The molecule has 0 aliphatic carbocycles. The highest BCUT2D eigenvalue weighted by Gasteiger charge is 2.24. The minimum absolute atomic E-state index is 0.128. The van der Waals surface area contributed by atoms with Gasteiger partial charge in [-0.3, -0.25) is 4.79 Å². The van der Waals surface area contributed by atoms with Gasteiger partial charge in [-0.1, -0.05) is 0 Å². The predicted octanol–water partition coefficient (Wildman–Crippen LogP) is 0.414. The van der Waals surface area contributed by atoms with Crippen LogP contribution >= 0.6 is 0 Å². The molecule has 0 radical (unpaired) electrons. The minimum Gasteiger partial charge on any atom is -0.373 e. The number of carbonyl (C=O) groups excluding carboxylic acids is 1. The first-order valence-corrected chi connectivity index (χ1v) is 6.05. The Labute approximate surface area is 107 Å². The second-order valence-corrected chi connectivity index (χ2v) is 4.55. The second-order valence-electron chi connectivity index (χ2n) is 4.55. The molecule has 6 heteroatoms. The van der Waals surface area contributed by atoms with Crippen molar-refractivity contribution in [3.63, 3.8) is 0 Å². The van der Waals surface area contributed by atoms with E-state index < -0.39 is 0 Å². The monoisotopic (exact) mass is 249 g/mol. The fraction of sp³-hybridized carbons (Fsp3) is 0.583. The van der Waals surface area contributed by atoms with Gasteiger partial charge in [-0.25, -0.2) is 9.97 Å². The molecule has 0 unspecified atom stereocenters. The van der Waals surface area contributed by atoms with E-state index in [2.05, 4.69) is 15.3 Å². The van der Waals surface area contributed by atoms with E-state index in [0.29, 0.717) is 12.4 Å². The van der Waals surface area contributed by atoms with Crippen molar-refractivity contribution >= 4 is 17.5 Å². The maximum Gasteiger partial charge on any atom is 0.241 e. The molecule has 6 nitrogen and oxygen atoms in total. The number of likely N-dealkylation sites (N-methyl/N-ethyl adjacent to an activating group) is 1. The highest BCUT2D eigenvalue weighted by atomic mass is 16.2. The number of aromatic nitrogens is 2. The summed E-state index contributed by atoms with van der Waals surface area (Å²) in [5.41, 5.74) is 0.987. The molecule has 0 aromatic carbocycles. The predicted molar refractivity (Wildman–Crippen MR) is 70.9 cm³/mol. The van der Waals surface area contributed by atoms with Crippen molar-refractivity contribution < 1.29 is 4.79 Å². The topological polar surface area (TPSA) is 61.4 Å². The smallest absolute Gasteiger partial charge is 0.241 e. The third kappa shape index (κ3) is 2.23. The highest BCUT2D eigenvalue weighted by Crippen LogP contribution is 2.24. The molecular weight excluding hydrogens is 230 g/mol. The molecule has 1 amide bonds. The molecule has 0 atom stereocenters. The van der Waals surface area contributed by atoms with E-state index in [-0.39, 0.29) is 5.91 Å². The van der Waals surface area contributed by atoms with Gasteiger partial charge >= 0.3 is 0 Å². The third-order valence-corrected chi connectivity index (χ3v) is 3.23. The average Bonchev–Trinajstić information content (AvgIpc) is 2.35. The maximum atomic E-state index is 11.8. The van der Waals surface area contributed by atoms with Crippen LogP contribution in [0.4, 0.5) is 11.6 Å². The van der Waals surface area contributed by atoms with Gasteiger partial charge in [0.2, 0.25) is 5.91 Å². The van der Waals surface area contributed by atoms with Crippen molar-refractivity contribution in [1.82, 2.24) is 14.9 Å². The van der Waals surface area contributed by atoms with Crippen molar-refractivity contribution in [2.75, 3.05) is 43.9 Å². The number of carbonyl (C=O) groups is 1. The highest BCUT2D eigenvalue weighted by molar-refractivity contribution is 5.82. The molecule has 1 N–H and O–H groups in total. The maximum absolute atomic E-state index is 11.8. The summed E-state index contributed by atoms with van der Waals surface area (Å²) in [6.07, 6.45) is 0. The molecule has 18 heavy (non-hydrogen) atoms. The van der Waals surface area contributed by atoms with Crippen LogP contribution in [-0.2, 0) is 4.79 Å². The summed E-state index contributed by atoms with van der Waals surface area (Å²) in [4.78, 5) is 24.3. The molecule has 2 rings (SSSR count). The van der Waals surface area contributed by atoms with Crippen LogP contribution in [0.25, 0.3) is 0 Å². The fourth-order valence-corrected chi connectivity index (χ4v) is 2.10. The second kappa shape index (κ2) is 4.80. The first-order chi connectivity index (χ1) is 8.52. The largest absolute Gasteiger partial charge is 0.373 e. The molecule has 1 aliphatic heterocycles. The number of anilines is 2. The van der Waals surface area contributed by atoms with E-state index in [0.717, 1.165) is 30.3 Å². The molecule has 0 bridgehead atoms. The third-order valence-electron chi connectivity index (χ3n) is 3.23. The number of nitrogens with one attached hydrogen (secondary N) is 1. The van der Waals surface area contributed by atoms with E-state index >= 15 is 0 Å². The number of aryl methyl sites for hydroxylation is 1. The van der Waals surface area contributed by atoms with Crippen molar-refractivity contribution in [1.29, 1.82) is 0 Å². The van der Waals surface area contributed by atoms with E-state index in [4.69, 9.17) is 0 Å². The molecular formula is C12H19N5O. The average molecular weight is 249 g/mol. The van der Waals surface area contributed by atoms with Crippen molar-refractivity contribution in [2.45, 2.75) is 13.8 Å². The zero-order chi connectivity index (χ0) is 13.3. The zero-order valence-corrected chi connectivity index (χ0v) is 11.3. The molecule has 0 spiro atoms. The van der Waals surface area contributed by atoms with Gasteiger partial charge in [-0.15, -0.1) is 0 Å². The lowest BCUT2D eigenvalue weighted by molar-refractivity contribution is -0.129. The number of rotatable bonds is 2. The van der Waals surface area contributed by atoms with Crippen LogP contribution in [0, 0.1) is 13.8 Å². The molecule has 2 heterocycles. The molecule has 1 aliphatic rings. The number of nitrogens with zero attached hydrogens (tertiary/aromatic N) is 4. The number of amides is 1. The Kier molecular flexibility index (Phi) is 3.36. The molecule has 1 saturated heterocycles. The summed E-state index contributed by atoms with van der Waals surface area (Å²) >= 11 is 0. The summed E-state index contributed by atoms with van der Waals surface area (Å²) in [6.45, 7) is 5.76. The quantitative estimate of drug-likeness (QED) is 0.822. The van der Waals surface area contributed by atoms with Gasteiger partial charge in [-0.05, 0) is 13.8 Å². The lowest BCUT2D eigenvalue weighted by Crippen LogP contribution is -2.49. The standard InChI is InChI=1S/C12H19N5O/c1-8-11(13-3)14-9(2)15-12(8)17-6-5-16(4)10(18)7-17/h5-7H2,1-4H3,(H,13,14,15). The van der Waals surface area contributed by atoms with Gasteiger partial charge in [0.05, 0.1) is 6.54 Å². The number of piperazine rings is 1. The van der Waals surface area contributed by atoms with Crippen LogP contribution in [0.3, 0.4) is 0 Å². The summed E-state index contributed by atoms with van der Waals surface area (Å²) in [7, 11) is 3.67. The van der Waals surface area contributed by atoms with Crippen molar-refractivity contribution in [2.24, 2.45) is 0 Å². The number of hydrogen-bond donors (Lipinski definition) is 1. The van der Waals surface area contributed by atoms with Gasteiger partial charge in [0.25, 0.3) is 0 Å². The van der Waals surface area contributed by atoms with Gasteiger partial charge in [0.15, 0.2) is 0 Å². The van der Waals surface area contributed by atoms with Crippen molar-refractivity contribution in [3.8, 4) is 0 Å². The lowest BCUT2D eigenvalue weighted by atomic mass is 10.2. The van der Waals surface area contributed by atoms with Gasteiger partial charge in [0, 0.05) is 32.7 Å². The zero-order valence-electron chi connectivity index (χ0n) is 11.3. The molecule has 1 fully saturated rings. The van der Waals surface area contributed by atoms with Crippen LogP contribution in [0.2, 0.25) is 0 Å². The Balaban J connectivity index is 2.33. The molecule has 1 aromatic heterocycles. The summed E-state index contributed by atoms with van der Waals surface area (Å²) in [5.74, 6) is 2.52. The summed E-state index contributed by atoms with van der Waals surface area (Å²) in [5, 5.41) is 3.06. The Morgan fingerprint density at radius 3 is 2.56 bits per heavy atom. The summed E-state index contributed by atoms with van der Waals surface area (Å²) < 4.78 is 0. The van der Waals surface area contributed by atoms with Crippen LogP contribution in [0.1, 0.15) is 11.4 Å². The minimum atomic E-state index is 0.128. The first-order valence-electron chi connectivity index (χ1n) is 6.05. The Morgan fingerprint density at radius 1 is 1.22 bits per heavy atom. The Morgan fingerprint density at radius 2 is 1.94 bits per heavy atom. The van der Waals surface area contributed by atoms with E-state index in [9.17, 15) is 4.79 Å². The Bertz CT molecular complexity index is 474. The number of hydrogen-bond acceptors (Lipinski definition) is 5. The Hall–Kier alpha value is -1.85. The fourth-order valence-electron chi connectivity index (χ4n) is 2.10. The molecule has 0 saturated carbocycles. The van der Waals surface area contributed by atoms with E-state index in [1.165, 1.54) is 0 Å². The SMILES string of the molecule is CNc1nc(C)nc(N2CCN(C)C(=O)C2)c1C. The van der Waals surface area contributed by atoms with Crippen LogP contribution < -0.4 is 10.2 Å². The van der Waals surface area contributed by atoms with Gasteiger partial charge in [0.1, 0.15) is 17.5 Å². The van der Waals surface area contributed by atoms with Crippen LogP contribution in [0.5, 0.6) is 0 Å². The molecule has 98 valence electrons. The molecule has 1 aromatic rings. The van der Waals surface area contributed by atoms with E-state index in [1.54, 1.807) is 4.90 Å². The van der Waals surface area contributed by atoms with Gasteiger partial charge < -0.3 is 15.1 Å². The van der Waals surface area contributed by atoms with Crippen LogP contribution in [0.15, 0.2) is 0 Å². The van der Waals surface area contributed by atoms with E-state index in [1.807, 2.05) is 32.8 Å². The van der Waals surface area contributed by atoms with Crippen LogP contribution in [-0.4, -0.2) is 54.5 Å². The van der Waals surface area contributed by atoms with Crippen molar-refractivity contribution in [3.05, 3.63) is 11.4 Å². The lowest BCUT2D eigenvalue weighted by Gasteiger charge is -2.33. The normalized spacial score (nSPS) is 16.1. The van der Waals surface area contributed by atoms with Gasteiger partial charge in [-0.2, -0.15) is 0 Å². The first kappa shape index (κ1) is 12.6. The summed E-state index contributed by atoms with van der Waals surface area (Å²) in [6, 6.07) is 0.